The molecule has 0 fully saturated rings. The molecule has 15 heavy (non-hydrogen) atoms. The second-order valence-corrected chi connectivity index (χ2v) is 4.65. The first-order chi connectivity index (χ1) is 7.34. The van der Waals surface area contributed by atoms with E-state index in [1.165, 1.54) is 14.3 Å². The molecule has 0 radical (unpaired) electrons. The minimum Gasteiger partial charge on any atom is -0.248 e. The van der Waals surface area contributed by atoms with Crippen LogP contribution in [0.2, 0.25) is 0 Å². The van der Waals surface area contributed by atoms with Gasteiger partial charge in [0.05, 0.1) is 11.0 Å². The highest BCUT2D eigenvalue weighted by Crippen LogP contribution is 2.23. The normalized spacial score (nSPS) is 11.0. The van der Waals surface area contributed by atoms with Crippen molar-refractivity contribution in [3.8, 4) is 0 Å². The number of para-hydroxylation sites is 1. The predicted molar refractivity (Wildman–Crippen MR) is 72.0 cm³/mol. The molecule has 0 bridgehead atoms. The van der Waals surface area contributed by atoms with Crippen molar-refractivity contribution in [2.45, 2.75) is 0 Å². The van der Waals surface area contributed by atoms with Gasteiger partial charge in [-0.05, 0) is 46.9 Å². The number of pyridine rings is 1. The molecule has 3 rings (SSSR count). The van der Waals surface area contributed by atoms with Gasteiger partial charge in [0.1, 0.15) is 0 Å². The quantitative estimate of drug-likeness (QED) is 0.452. The molecule has 0 amide bonds. The highest BCUT2D eigenvalue weighted by Gasteiger charge is 2.01. The Bertz CT molecular complexity index is 646. The Morgan fingerprint density at radius 1 is 0.867 bits per heavy atom. The van der Waals surface area contributed by atoms with Crippen LogP contribution in [0, 0.1) is 3.57 Å². The Morgan fingerprint density at radius 2 is 1.67 bits per heavy atom. The van der Waals surface area contributed by atoms with Crippen LogP contribution in [0.25, 0.3) is 21.8 Å². The summed E-state index contributed by atoms with van der Waals surface area (Å²) in [6.45, 7) is 0. The number of benzene rings is 2. The molecule has 2 heteroatoms. The molecule has 0 aliphatic heterocycles. The van der Waals surface area contributed by atoms with Gasteiger partial charge in [0.15, 0.2) is 0 Å². The van der Waals surface area contributed by atoms with E-state index in [0.29, 0.717) is 0 Å². The van der Waals surface area contributed by atoms with Crippen LogP contribution in [0.15, 0.2) is 48.5 Å². The van der Waals surface area contributed by atoms with Crippen molar-refractivity contribution in [3.05, 3.63) is 52.1 Å². The lowest BCUT2D eigenvalue weighted by Gasteiger charge is -2.02. The number of hydrogen-bond acceptors (Lipinski definition) is 1. The van der Waals surface area contributed by atoms with Gasteiger partial charge in [-0.15, -0.1) is 0 Å². The summed E-state index contributed by atoms with van der Waals surface area (Å²) in [5, 5.41) is 2.44. The summed E-state index contributed by atoms with van der Waals surface area (Å²) in [5.41, 5.74) is 2.13. The lowest BCUT2D eigenvalue weighted by Crippen LogP contribution is -1.83. The molecular weight excluding hydrogens is 297 g/mol. The van der Waals surface area contributed by atoms with E-state index < -0.39 is 0 Å². The van der Waals surface area contributed by atoms with Gasteiger partial charge in [-0.25, -0.2) is 4.98 Å². The van der Waals surface area contributed by atoms with Crippen LogP contribution in [-0.2, 0) is 0 Å². The Balaban J connectivity index is 2.53. The summed E-state index contributed by atoms with van der Waals surface area (Å²) < 4.78 is 1.25. The number of halogens is 1. The molecule has 3 aromatic rings. The number of nitrogens with zero attached hydrogens (tertiary/aromatic N) is 1. The van der Waals surface area contributed by atoms with Crippen molar-refractivity contribution in [1.82, 2.24) is 4.98 Å². The van der Waals surface area contributed by atoms with Crippen LogP contribution in [0.4, 0.5) is 0 Å². The van der Waals surface area contributed by atoms with Gasteiger partial charge < -0.3 is 0 Å². The SMILES string of the molecule is Ic1cccc2nc3ccccc3cc12. The van der Waals surface area contributed by atoms with Gasteiger partial charge in [0.25, 0.3) is 0 Å². The van der Waals surface area contributed by atoms with Crippen molar-refractivity contribution < 1.29 is 0 Å². The minimum atomic E-state index is 1.06. The summed E-state index contributed by atoms with van der Waals surface area (Å²) in [6, 6.07) is 16.6. The summed E-state index contributed by atoms with van der Waals surface area (Å²) in [7, 11) is 0. The molecule has 0 aliphatic rings. The molecule has 0 saturated carbocycles. The van der Waals surface area contributed by atoms with Gasteiger partial charge >= 0.3 is 0 Å². The molecule has 1 nitrogen and oxygen atoms in total. The van der Waals surface area contributed by atoms with E-state index in [4.69, 9.17) is 0 Å². The molecule has 0 spiro atoms. The maximum Gasteiger partial charge on any atom is 0.0720 e. The average Bonchev–Trinajstić information content (AvgIpc) is 2.27. The Labute approximate surface area is 101 Å². The van der Waals surface area contributed by atoms with E-state index in [0.717, 1.165) is 11.0 Å². The van der Waals surface area contributed by atoms with Crippen molar-refractivity contribution in [3.63, 3.8) is 0 Å². The van der Waals surface area contributed by atoms with Crippen LogP contribution >= 0.6 is 22.6 Å². The van der Waals surface area contributed by atoms with Gasteiger partial charge in [-0.1, -0.05) is 24.3 Å². The topological polar surface area (TPSA) is 12.9 Å². The lowest BCUT2D eigenvalue weighted by atomic mass is 10.1. The molecule has 0 saturated heterocycles. The largest absolute Gasteiger partial charge is 0.248 e. The average molecular weight is 305 g/mol. The maximum atomic E-state index is 4.63. The van der Waals surface area contributed by atoms with Crippen molar-refractivity contribution in [2.75, 3.05) is 0 Å². The monoisotopic (exact) mass is 305 g/mol. The fourth-order valence-corrected chi connectivity index (χ4v) is 2.40. The van der Waals surface area contributed by atoms with E-state index in [9.17, 15) is 0 Å². The van der Waals surface area contributed by atoms with Crippen LogP contribution in [0.3, 0.4) is 0 Å². The highest BCUT2D eigenvalue weighted by atomic mass is 127. The molecule has 72 valence electrons. The fourth-order valence-electron chi connectivity index (χ4n) is 1.76. The molecule has 0 atom stereocenters. The number of aromatic nitrogens is 1. The molecule has 1 aromatic heterocycles. The van der Waals surface area contributed by atoms with E-state index in [-0.39, 0.29) is 0 Å². The third-order valence-corrected chi connectivity index (χ3v) is 3.45. The summed E-state index contributed by atoms with van der Waals surface area (Å²) in [5.74, 6) is 0. The lowest BCUT2D eigenvalue weighted by molar-refractivity contribution is 1.49. The fraction of sp³-hybridized carbons (Fsp3) is 0. The van der Waals surface area contributed by atoms with Gasteiger partial charge in [-0.2, -0.15) is 0 Å². The minimum absolute atomic E-state index is 1.06. The zero-order valence-electron chi connectivity index (χ0n) is 7.94. The number of rotatable bonds is 0. The third-order valence-electron chi connectivity index (χ3n) is 2.51. The molecule has 0 unspecified atom stereocenters. The summed E-state index contributed by atoms with van der Waals surface area (Å²) in [6.07, 6.45) is 0. The van der Waals surface area contributed by atoms with E-state index >= 15 is 0 Å². The zero-order chi connectivity index (χ0) is 10.3. The molecule has 1 heterocycles. The van der Waals surface area contributed by atoms with Gasteiger partial charge in [0.2, 0.25) is 0 Å². The van der Waals surface area contributed by atoms with E-state index in [1.807, 2.05) is 18.2 Å². The first-order valence-electron chi connectivity index (χ1n) is 4.78. The van der Waals surface area contributed by atoms with Crippen molar-refractivity contribution in [1.29, 1.82) is 0 Å². The smallest absolute Gasteiger partial charge is 0.0720 e. The predicted octanol–water partition coefficient (Wildman–Crippen LogP) is 3.99. The Morgan fingerprint density at radius 3 is 2.60 bits per heavy atom. The standard InChI is InChI=1S/C13H8IN/c14-11-5-3-7-13-10(11)8-9-4-1-2-6-12(9)15-13/h1-8H. The Hall–Kier alpha value is -1.16. The van der Waals surface area contributed by atoms with Crippen molar-refractivity contribution >= 4 is 44.4 Å². The Kier molecular flexibility index (Phi) is 2.09. The van der Waals surface area contributed by atoms with E-state index in [1.54, 1.807) is 0 Å². The third kappa shape index (κ3) is 1.49. The first-order valence-corrected chi connectivity index (χ1v) is 5.86. The highest BCUT2D eigenvalue weighted by molar-refractivity contribution is 14.1. The second kappa shape index (κ2) is 3.45. The van der Waals surface area contributed by atoms with Crippen LogP contribution in [-0.4, -0.2) is 4.98 Å². The first kappa shape index (κ1) is 9.09. The van der Waals surface area contributed by atoms with E-state index in [2.05, 4.69) is 57.9 Å². The maximum absolute atomic E-state index is 4.63. The van der Waals surface area contributed by atoms with Gasteiger partial charge in [-0.3, -0.25) is 0 Å². The molecule has 2 aromatic carbocycles. The van der Waals surface area contributed by atoms with Crippen LogP contribution in [0.1, 0.15) is 0 Å². The second-order valence-electron chi connectivity index (χ2n) is 3.49. The van der Waals surface area contributed by atoms with Crippen molar-refractivity contribution in [2.24, 2.45) is 0 Å². The van der Waals surface area contributed by atoms with Crippen LogP contribution < -0.4 is 0 Å². The molecule has 0 N–H and O–H groups in total. The number of fused-ring (bicyclic) bond motifs is 2. The zero-order valence-corrected chi connectivity index (χ0v) is 10.1. The molecule has 0 aliphatic carbocycles. The molecular formula is C13H8IN. The van der Waals surface area contributed by atoms with Gasteiger partial charge in [0, 0.05) is 14.3 Å². The summed E-state index contributed by atoms with van der Waals surface area (Å²) >= 11 is 2.35. The van der Waals surface area contributed by atoms with Crippen LogP contribution in [0.5, 0.6) is 0 Å². The summed E-state index contributed by atoms with van der Waals surface area (Å²) in [4.78, 5) is 4.63. The number of hydrogen-bond donors (Lipinski definition) is 0.